The predicted molar refractivity (Wildman–Crippen MR) is 60.3 cm³/mol. The van der Waals surface area contributed by atoms with Crippen LogP contribution in [0.25, 0.3) is 12.2 Å². The van der Waals surface area contributed by atoms with E-state index in [1.807, 2.05) is 36.4 Å². The lowest BCUT2D eigenvalue weighted by Gasteiger charge is -1.92. The van der Waals surface area contributed by atoms with Gasteiger partial charge in [0, 0.05) is 12.1 Å². The zero-order valence-electron chi connectivity index (χ0n) is 8.09. The number of hydrogen-bond acceptors (Lipinski definition) is 2. The van der Waals surface area contributed by atoms with E-state index in [0.717, 1.165) is 5.56 Å². The molecule has 2 heteroatoms. The van der Waals surface area contributed by atoms with Crippen molar-refractivity contribution in [3.05, 3.63) is 70.3 Å². The molecular formula is C13H10O2. The van der Waals surface area contributed by atoms with Crippen LogP contribution in [0.3, 0.4) is 0 Å². The van der Waals surface area contributed by atoms with Crippen LogP contribution in [0, 0.1) is 0 Å². The minimum absolute atomic E-state index is 0.0473. The van der Waals surface area contributed by atoms with Crippen molar-refractivity contribution in [1.29, 1.82) is 0 Å². The first-order valence-electron chi connectivity index (χ1n) is 4.66. The van der Waals surface area contributed by atoms with E-state index >= 15 is 0 Å². The normalized spacial score (nSPS) is 10.7. The summed E-state index contributed by atoms with van der Waals surface area (Å²) in [6.45, 7) is 0. The van der Waals surface area contributed by atoms with Crippen molar-refractivity contribution in [2.24, 2.45) is 0 Å². The summed E-state index contributed by atoms with van der Waals surface area (Å²) in [5.41, 5.74) is 1.03. The van der Waals surface area contributed by atoms with Gasteiger partial charge in [0.25, 0.3) is 0 Å². The molecule has 0 atom stereocenters. The van der Waals surface area contributed by atoms with Gasteiger partial charge in [-0.3, -0.25) is 4.79 Å². The van der Waals surface area contributed by atoms with E-state index in [0.29, 0.717) is 5.76 Å². The Balaban J connectivity index is 2.23. The molecule has 0 saturated heterocycles. The van der Waals surface area contributed by atoms with E-state index in [1.165, 1.54) is 18.4 Å². The summed E-state index contributed by atoms with van der Waals surface area (Å²) in [6, 6.07) is 12.7. The van der Waals surface area contributed by atoms with Crippen molar-refractivity contribution in [1.82, 2.24) is 0 Å². The fraction of sp³-hybridized carbons (Fsp3) is 0. The molecule has 1 aromatic heterocycles. The monoisotopic (exact) mass is 198 g/mol. The Morgan fingerprint density at radius 3 is 2.53 bits per heavy atom. The van der Waals surface area contributed by atoms with Gasteiger partial charge in [-0.2, -0.15) is 0 Å². The van der Waals surface area contributed by atoms with E-state index in [-0.39, 0.29) is 5.43 Å². The van der Waals surface area contributed by atoms with Gasteiger partial charge >= 0.3 is 0 Å². The SMILES string of the molecule is O=c1ccoc(/C=C/c2ccccc2)c1. The highest BCUT2D eigenvalue weighted by molar-refractivity contribution is 5.66. The summed E-state index contributed by atoms with van der Waals surface area (Å²) in [5, 5.41) is 0. The molecule has 1 aromatic carbocycles. The average Bonchev–Trinajstić information content (AvgIpc) is 2.28. The molecule has 15 heavy (non-hydrogen) atoms. The molecule has 0 fully saturated rings. The summed E-state index contributed by atoms with van der Waals surface area (Å²) < 4.78 is 5.14. The highest BCUT2D eigenvalue weighted by Gasteiger charge is 1.90. The first-order chi connectivity index (χ1) is 7.34. The lowest BCUT2D eigenvalue weighted by atomic mass is 10.2. The Bertz CT molecular complexity index is 509. The van der Waals surface area contributed by atoms with Crippen LogP contribution in [0.1, 0.15) is 11.3 Å². The molecular weight excluding hydrogens is 188 g/mol. The number of rotatable bonds is 2. The molecule has 0 unspecified atom stereocenters. The Morgan fingerprint density at radius 1 is 1.00 bits per heavy atom. The van der Waals surface area contributed by atoms with Crippen molar-refractivity contribution < 1.29 is 4.42 Å². The molecule has 0 aliphatic carbocycles. The largest absolute Gasteiger partial charge is 0.465 e. The number of benzene rings is 1. The summed E-state index contributed by atoms with van der Waals surface area (Å²) in [6.07, 6.45) is 5.07. The predicted octanol–water partition coefficient (Wildman–Crippen LogP) is 2.81. The summed E-state index contributed by atoms with van der Waals surface area (Å²) in [4.78, 5) is 11.0. The van der Waals surface area contributed by atoms with Gasteiger partial charge in [0.15, 0.2) is 5.43 Å². The van der Waals surface area contributed by atoms with Gasteiger partial charge in [-0.05, 0) is 11.6 Å². The van der Waals surface area contributed by atoms with E-state index in [1.54, 1.807) is 6.08 Å². The molecule has 0 saturated carbocycles. The second-order valence-corrected chi connectivity index (χ2v) is 3.11. The molecule has 2 aromatic rings. The standard InChI is InChI=1S/C13H10O2/c14-12-8-9-15-13(10-12)7-6-11-4-2-1-3-5-11/h1-10H/b7-6+. The molecule has 0 aliphatic rings. The average molecular weight is 198 g/mol. The van der Waals surface area contributed by atoms with Gasteiger partial charge in [0.1, 0.15) is 5.76 Å². The summed E-state index contributed by atoms with van der Waals surface area (Å²) in [5.74, 6) is 0.561. The molecule has 74 valence electrons. The van der Waals surface area contributed by atoms with E-state index < -0.39 is 0 Å². The van der Waals surface area contributed by atoms with Crippen molar-refractivity contribution in [2.75, 3.05) is 0 Å². The third-order valence-electron chi connectivity index (χ3n) is 1.96. The van der Waals surface area contributed by atoms with Crippen molar-refractivity contribution in [3.8, 4) is 0 Å². The first-order valence-corrected chi connectivity index (χ1v) is 4.66. The van der Waals surface area contributed by atoms with Crippen molar-refractivity contribution in [3.63, 3.8) is 0 Å². The third kappa shape index (κ3) is 2.68. The first kappa shape index (κ1) is 9.46. The van der Waals surface area contributed by atoms with Crippen LogP contribution in [-0.4, -0.2) is 0 Å². The summed E-state index contributed by atoms with van der Waals surface area (Å²) >= 11 is 0. The second-order valence-electron chi connectivity index (χ2n) is 3.11. The minimum atomic E-state index is -0.0473. The lowest BCUT2D eigenvalue weighted by molar-refractivity contribution is 0.538. The Kier molecular flexibility index (Phi) is 2.79. The van der Waals surface area contributed by atoms with Crippen LogP contribution in [0.15, 0.2) is 57.9 Å². The van der Waals surface area contributed by atoms with Crippen LogP contribution < -0.4 is 5.43 Å². The molecule has 2 rings (SSSR count). The molecule has 0 spiro atoms. The fourth-order valence-corrected chi connectivity index (χ4v) is 1.23. The molecule has 0 aliphatic heterocycles. The van der Waals surface area contributed by atoms with Crippen LogP contribution in [0.2, 0.25) is 0 Å². The molecule has 0 amide bonds. The van der Waals surface area contributed by atoms with Crippen LogP contribution in [-0.2, 0) is 0 Å². The molecule has 1 heterocycles. The topological polar surface area (TPSA) is 30.2 Å². The fourth-order valence-electron chi connectivity index (χ4n) is 1.23. The smallest absolute Gasteiger partial charge is 0.185 e. The van der Waals surface area contributed by atoms with Gasteiger partial charge < -0.3 is 4.42 Å². The van der Waals surface area contributed by atoms with Crippen LogP contribution in [0.4, 0.5) is 0 Å². The maximum Gasteiger partial charge on any atom is 0.185 e. The van der Waals surface area contributed by atoms with Crippen molar-refractivity contribution in [2.45, 2.75) is 0 Å². The van der Waals surface area contributed by atoms with Crippen LogP contribution >= 0.6 is 0 Å². The second kappa shape index (κ2) is 4.42. The maximum atomic E-state index is 11.0. The Hall–Kier alpha value is -2.09. The zero-order valence-corrected chi connectivity index (χ0v) is 8.09. The molecule has 0 bridgehead atoms. The van der Waals surface area contributed by atoms with E-state index in [4.69, 9.17) is 4.42 Å². The highest BCUT2D eigenvalue weighted by atomic mass is 16.3. The van der Waals surface area contributed by atoms with Gasteiger partial charge in [0.2, 0.25) is 0 Å². The van der Waals surface area contributed by atoms with Gasteiger partial charge in [-0.1, -0.05) is 36.4 Å². The molecule has 0 N–H and O–H groups in total. The van der Waals surface area contributed by atoms with E-state index in [2.05, 4.69) is 0 Å². The molecule has 0 radical (unpaired) electrons. The molecule has 2 nitrogen and oxygen atoms in total. The lowest BCUT2D eigenvalue weighted by Crippen LogP contribution is -1.94. The number of hydrogen-bond donors (Lipinski definition) is 0. The van der Waals surface area contributed by atoms with Gasteiger partial charge in [-0.15, -0.1) is 0 Å². The highest BCUT2D eigenvalue weighted by Crippen LogP contribution is 2.05. The van der Waals surface area contributed by atoms with Crippen molar-refractivity contribution >= 4 is 12.2 Å². The Morgan fingerprint density at radius 2 is 1.80 bits per heavy atom. The van der Waals surface area contributed by atoms with Crippen LogP contribution in [0.5, 0.6) is 0 Å². The van der Waals surface area contributed by atoms with Gasteiger partial charge in [-0.25, -0.2) is 0 Å². The van der Waals surface area contributed by atoms with Gasteiger partial charge in [0.05, 0.1) is 6.26 Å². The zero-order chi connectivity index (χ0) is 10.5. The third-order valence-corrected chi connectivity index (χ3v) is 1.96. The Labute approximate surface area is 87.5 Å². The minimum Gasteiger partial charge on any atom is -0.465 e. The maximum absolute atomic E-state index is 11.0. The summed E-state index contributed by atoms with van der Waals surface area (Å²) in [7, 11) is 0. The quantitative estimate of drug-likeness (QED) is 0.742. The van der Waals surface area contributed by atoms with E-state index in [9.17, 15) is 4.79 Å².